The highest BCUT2D eigenvalue weighted by molar-refractivity contribution is 7.19. The molecular weight excluding hydrogens is 214 g/mol. The number of benzene rings is 1. The molecule has 1 aromatic heterocycles. The number of thiophene rings is 1. The highest BCUT2D eigenvalue weighted by atomic mass is 32.1. The minimum absolute atomic E-state index is 0.454. The number of rotatable bonds is 5. The predicted molar refractivity (Wildman–Crippen MR) is 73.1 cm³/mol. The summed E-state index contributed by atoms with van der Waals surface area (Å²) in [4.78, 5) is 1.42. The first-order valence-corrected chi connectivity index (χ1v) is 6.43. The molecule has 1 atom stereocenters. The second-order valence-corrected chi connectivity index (χ2v) is 5.01. The van der Waals surface area contributed by atoms with Gasteiger partial charge in [-0.05, 0) is 37.4 Å². The molecule has 16 heavy (non-hydrogen) atoms. The Hall–Kier alpha value is -1.12. The molecule has 1 unspecified atom stereocenters. The average molecular weight is 231 g/mol. The number of nitrogens with one attached hydrogen (secondary N) is 1. The third kappa shape index (κ3) is 2.34. The fourth-order valence-corrected chi connectivity index (χ4v) is 3.10. The minimum Gasteiger partial charge on any atom is -0.312 e. The summed E-state index contributed by atoms with van der Waals surface area (Å²) in [6.45, 7) is 3.78. The van der Waals surface area contributed by atoms with Gasteiger partial charge in [0.05, 0.1) is 0 Å². The standard InChI is InChI=1S/C14H17NS/c1-3-4-8-12(15-2)14-10-11-7-5-6-9-13(11)16-14/h3,5-7,9-10,12,15H,1,4,8H2,2H3. The second kappa shape index (κ2) is 5.28. The first kappa shape index (κ1) is 11.4. The summed E-state index contributed by atoms with van der Waals surface area (Å²) >= 11 is 1.88. The zero-order valence-electron chi connectivity index (χ0n) is 9.57. The van der Waals surface area contributed by atoms with Crippen molar-refractivity contribution in [3.05, 3.63) is 47.9 Å². The Morgan fingerprint density at radius 3 is 2.94 bits per heavy atom. The maximum absolute atomic E-state index is 3.78. The fourth-order valence-electron chi connectivity index (χ4n) is 1.89. The molecule has 0 saturated carbocycles. The van der Waals surface area contributed by atoms with Crippen LogP contribution in [-0.4, -0.2) is 7.05 Å². The molecule has 2 heteroatoms. The van der Waals surface area contributed by atoms with Crippen LogP contribution in [0.15, 0.2) is 43.0 Å². The van der Waals surface area contributed by atoms with Crippen molar-refractivity contribution in [1.29, 1.82) is 0 Å². The minimum atomic E-state index is 0.454. The molecule has 1 heterocycles. The van der Waals surface area contributed by atoms with Crippen molar-refractivity contribution in [3.8, 4) is 0 Å². The molecule has 0 aliphatic rings. The van der Waals surface area contributed by atoms with Crippen LogP contribution in [0.5, 0.6) is 0 Å². The molecular formula is C14H17NS. The Bertz CT molecular complexity index is 439. The van der Waals surface area contributed by atoms with E-state index in [0.29, 0.717) is 6.04 Å². The number of fused-ring (bicyclic) bond motifs is 1. The largest absolute Gasteiger partial charge is 0.312 e. The van der Waals surface area contributed by atoms with Crippen molar-refractivity contribution in [3.63, 3.8) is 0 Å². The Morgan fingerprint density at radius 1 is 1.44 bits per heavy atom. The second-order valence-electron chi connectivity index (χ2n) is 3.89. The Labute approximate surface area is 101 Å². The van der Waals surface area contributed by atoms with Crippen molar-refractivity contribution in [1.82, 2.24) is 5.32 Å². The molecule has 0 radical (unpaired) electrons. The SMILES string of the molecule is C=CCCC(NC)c1cc2ccccc2s1. The molecule has 1 N–H and O–H groups in total. The van der Waals surface area contributed by atoms with E-state index in [9.17, 15) is 0 Å². The molecule has 1 aromatic carbocycles. The number of hydrogen-bond acceptors (Lipinski definition) is 2. The van der Waals surface area contributed by atoms with Crippen LogP contribution in [0.3, 0.4) is 0 Å². The van der Waals surface area contributed by atoms with Gasteiger partial charge in [0.15, 0.2) is 0 Å². The van der Waals surface area contributed by atoms with Crippen LogP contribution < -0.4 is 5.32 Å². The Kier molecular flexibility index (Phi) is 3.75. The van der Waals surface area contributed by atoms with Crippen LogP contribution in [-0.2, 0) is 0 Å². The molecule has 0 bridgehead atoms. The van der Waals surface area contributed by atoms with E-state index in [1.54, 1.807) is 0 Å². The summed E-state index contributed by atoms with van der Waals surface area (Å²) in [7, 11) is 2.03. The van der Waals surface area contributed by atoms with Gasteiger partial charge in [0.2, 0.25) is 0 Å². The summed E-state index contributed by atoms with van der Waals surface area (Å²) in [6.07, 6.45) is 4.16. The smallest absolute Gasteiger partial charge is 0.0415 e. The van der Waals surface area contributed by atoms with Gasteiger partial charge >= 0.3 is 0 Å². The van der Waals surface area contributed by atoms with Crippen molar-refractivity contribution < 1.29 is 0 Å². The molecule has 2 rings (SSSR count). The lowest BCUT2D eigenvalue weighted by Gasteiger charge is -2.12. The maximum Gasteiger partial charge on any atom is 0.0415 e. The predicted octanol–water partition coefficient (Wildman–Crippen LogP) is 4.13. The van der Waals surface area contributed by atoms with Gasteiger partial charge in [-0.25, -0.2) is 0 Å². The van der Waals surface area contributed by atoms with Crippen molar-refractivity contribution in [2.45, 2.75) is 18.9 Å². The first-order valence-electron chi connectivity index (χ1n) is 5.62. The molecule has 0 spiro atoms. The summed E-state index contributed by atoms with van der Waals surface area (Å²) in [6, 6.07) is 11.3. The maximum atomic E-state index is 3.78. The van der Waals surface area contributed by atoms with Crippen LogP contribution in [0.4, 0.5) is 0 Å². The van der Waals surface area contributed by atoms with Crippen molar-refractivity contribution in [2.24, 2.45) is 0 Å². The van der Waals surface area contributed by atoms with Crippen LogP contribution in [0.2, 0.25) is 0 Å². The first-order chi connectivity index (χ1) is 7.85. The summed E-state index contributed by atoms with van der Waals surface area (Å²) < 4.78 is 1.37. The number of hydrogen-bond donors (Lipinski definition) is 1. The monoisotopic (exact) mass is 231 g/mol. The normalized spacial score (nSPS) is 12.8. The van der Waals surface area contributed by atoms with Gasteiger partial charge in [0, 0.05) is 15.6 Å². The van der Waals surface area contributed by atoms with E-state index in [1.807, 2.05) is 24.5 Å². The molecule has 1 nitrogen and oxygen atoms in total. The zero-order valence-corrected chi connectivity index (χ0v) is 10.4. The topological polar surface area (TPSA) is 12.0 Å². The van der Waals surface area contributed by atoms with Gasteiger partial charge < -0.3 is 5.32 Å². The van der Waals surface area contributed by atoms with E-state index in [4.69, 9.17) is 0 Å². The van der Waals surface area contributed by atoms with E-state index >= 15 is 0 Å². The van der Waals surface area contributed by atoms with Crippen molar-refractivity contribution >= 4 is 21.4 Å². The van der Waals surface area contributed by atoms with E-state index in [0.717, 1.165) is 12.8 Å². The third-order valence-corrected chi connectivity index (χ3v) is 4.03. The molecule has 0 aliphatic heterocycles. The molecule has 0 fully saturated rings. The molecule has 0 saturated heterocycles. The Morgan fingerprint density at radius 2 is 2.25 bits per heavy atom. The third-order valence-electron chi connectivity index (χ3n) is 2.80. The van der Waals surface area contributed by atoms with Crippen LogP contribution in [0.25, 0.3) is 10.1 Å². The highest BCUT2D eigenvalue weighted by Crippen LogP contribution is 2.31. The molecule has 2 aromatic rings. The van der Waals surface area contributed by atoms with Crippen molar-refractivity contribution in [2.75, 3.05) is 7.05 Å². The lowest BCUT2D eigenvalue weighted by atomic mass is 10.1. The highest BCUT2D eigenvalue weighted by Gasteiger charge is 2.11. The zero-order chi connectivity index (χ0) is 11.4. The van der Waals surface area contributed by atoms with Crippen LogP contribution in [0, 0.1) is 0 Å². The van der Waals surface area contributed by atoms with Gasteiger partial charge in [-0.2, -0.15) is 0 Å². The van der Waals surface area contributed by atoms with Gasteiger partial charge in [0.25, 0.3) is 0 Å². The molecule has 0 amide bonds. The van der Waals surface area contributed by atoms with E-state index in [-0.39, 0.29) is 0 Å². The van der Waals surface area contributed by atoms with Crippen LogP contribution in [0.1, 0.15) is 23.8 Å². The lowest BCUT2D eigenvalue weighted by Crippen LogP contribution is -2.14. The summed E-state index contributed by atoms with van der Waals surface area (Å²) in [5, 5.41) is 4.73. The fraction of sp³-hybridized carbons (Fsp3) is 0.286. The van der Waals surface area contributed by atoms with E-state index in [2.05, 4.69) is 42.2 Å². The van der Waals surface area contributed by atoms with Crippen LogP contribution >= 0.6 is 11.3 Å². The Balaban J connectivity index is 2.26. The summed E-state index contributed by atoms with van der Waals surface area (Å²) in [5.74, 6) is 0. The molecule has 84 valence electrons. The number of allylic oxidation sites excluding steroid dienone is 1. The van der Waals surface area contributed by atoms with Gasteiger partial charge in [-0.1, -0.05) is 24.3 Å². The van der Waals surface area contributed by atoms with Gasteiger partial charge in [-0.3, -0.25) is 0 Å². The van der Waals surface area contributed by atoms with E-state index in [1.165, 1.54) is 15.0 Å². The summed E-state index contributed by atoms with van der Waals surface area (Å²) in [5.41, 5.74) is 0. The molecule has 0 aliphatic carbocycles. The van der Waals surface area contributed by atoms with E-state index < -0.39 is 0 Å². The quantitative estimate of drug-likeness (QED) is 0.763. The lowest BCUT2D eigenvalue weighted by molar-refractivity contribution is 0.564. The van der Waals surface area contributed by atoms with Gasteiger partial charge in [-0.15, -0.1) is 17.9 Å². The average Bonchev–Trinajstić information content (AvgIpc) is 2.73. The van der Waals surface area contributed by atoms with Gasteiger partial charge in [0.1, 0.15) is 0 Å².